The van der Waals surface area contributed by atoms with E-state index in [4.69, 9.17) is 21.7 Å². The average Bonchev–Trinajstić information content (AvgIpc) is 3.16. The highest BCUT2D eigenvalue weighted by Gasteiger charge is 2.34. The summed E-state index contributed by atoms with van der Waals surface area (Å²) in [4.78, 5) is 4.41. The van der Waals surface area contributed by atoms with E-state index in [-0.39, 0.29) is 0 Å². The topological polar surface area (TPSA) is 36.3 Å². The van der Waals surface area contributed by atoms with E-state index in [0.29, 0.717) is 34.6 Å². The van der Waals surface area contributed by atoms with Gasteiger partial charge in [0.1, 0.15) is 6.33 Å². The van der Waals surface area contributed by atoms with Crippen LogP contribution in [0.3, 0.4) is 0 Å². The first-order valence-electron chi connectivity index (χ1n) is 10.8. The lowest BCUT2D eigenvalue weighted by atomic mass is 9.66. The molecule has 0 aliphatic heterocycles. The largest absolute Gasteiger partial charge is 0.493 e. The van der Waals surface area contributed by atoms with Gasteiger partial charge in [-0.2, -0.15) is 0 Å². The Morgan fingerprint density at radius 3 is 2.57 bits per heavy atom. The lowest BCUT2D eigenvalue weighted by molar-refractivity contribution is 0.235. The van der Waals surface area contributed by atoms with Crippen LogP contribution in [0, 0.1) is 17.8 Å². The second-order valence-corrected chi connectivity index (χ2v) is 9.24. The van der Waals surface area contributed by atoms with Crippen LogP contribution in [0.2, 0.25) is 0 Å². The maximum atomic E-state index is 6.15. The summed E-state index contributed by atoms with van der Waals surface area (Å²) >= 11 is 5.61. The Balaban J connectivity index is 1.69. The van der Waals surface area contributed by atoms with Gasteiger partial charge in [0.25, 0.3) is 5.17 Å². The van der Waals surface area contributed by atoms with Gasteiger partial charge >= 0.3 is 0 Å². The van der Waals surface area contributed by atoms with Gasteiger partial charge in [-0.15, -0.1) is 0 Å². The number of fused-ring (bicyclic) bond motifs is 2. The van der Waals surface area contributed by atoms with Crippen LogP contribution in [-0.2, 0) is 6.42 Å². The lowest BCUT2D eigenvalue weighted by Gasteiger charge is -2.39. The van der Waals surface area contributed by atoms with E-state index in [0.717, 1.165) is 23.2 Å². The average molecular weight is 423 g/mol. The molecule has 5 heteroatoms. The number of thiocarbonyl (C=S) groups is 1. The molecule has 4 rings (SSSR count). The van der Waals surface area contributed by atoms with Crippen LogP contribution in [0.15, 0.2) is 42.7 Å². The van der Waals surface area contributed by atoms with Crippen molar-refractivity contribution in [2.75, 3.05) is 7.11 Å². The number of hydrogen-bond donors (Lipinski definition) is 0. The number of methoxy groups -OCH3 is 1. The maximum absolute atomic E-state index is 6.15. The van der Waals surface area contributed by atoms with Gasteiger partial charge in [-0.25, -0.2) is 4.98 Å². The number of para-hydroxylation sites is 2. The standard InChI is InChI=1S/C25H30N2O2S/c1-15(2)18-11-10-17-12-23(22(28-5)13-19(17)24(18)16(3)4)29-25(30)27-14-26-20-8-6-7-9-21(20)27/h6-9,12-16,18,24H,10-11H2,1-5H3. The number of rotatable bonds is 4. The van der Waals surface area contributed by atoms with E-state index in [1.165, 1.54) is 17.5 Å². The van der Waals surface area contributed by atoms with Crippen LogP contribution in [0.4, 0.5) is 0 Å². The van der Waals surface area contributed by atoms with Gasteiger partial charge in [0, 0.05) is 0 Å². The Kier molecular flexibility index (Phi) is 5.83. The first-order valence-corrected chi connectivity index (χ1v) is 11.2. The zero-order chi connectivity index (χ0) is 21.4. The van der Waals surface area contributed by atoms with Gasteiger partial charge < -0.3 is 9.47 Å². The summed E-state index contributed by atoms with van der Waals surface area (Å²) in [6.07, 6.45) is 3.97. The van der Waals surface area contributed by atoms with Crippen molar-refractivity contribution in [2.24, 2.45) is 17.8 Å². The van der Waals surface area contributed by atoms with E-state index in [1.54, 1.807) is 18.0 Å². The molecule has 0 radical (unpaired) electrons. The van der Waals surface area contributed by atoms with Gasteiger partial charge in [0.15, 0.2) is 11.5 Å². The van der Waals surface area contributed by atoms with Gasteiger partial charge in [0.2, 0.25) is 0 Å². The molecule has 1 heterocycles. The maximum Gasteiger partial charge on any atom is 0.275 e. The molecule has 30 heavy (non-hydrogen) atoms. The second-order valence-electron chi connectivity index (χ2n) is 8.89. The summed E-state index contributed by atoms with van der Waals surface area (Å²) in [5.41, 5.74) is 4.57. The van der Waals surface area contributed by atoms with E-state index < -0.39 is 0 Å². The van der Waals surface area contributed by atoms with Crippen LogP contribution in [-0.4, -0.2) is 21.8 Å². The van der Waals surface area contributed by atoms with Crippen molar-refractivity contribution >= 4 is 28.4 Å². The van der Waals surface area contributed by atoms with E-state index >= 15 is 0 Å². The monoisotopic (exact) mass is 422 g/mol. The predicted octanol–water partition coefficient (Wildman–Crippen LogP) is 6.21. The van der Waals surface area contributed by atoms with Gasteiger partial charge in [-0.1, -0.05) is 39.8 Å². The lowest BCUT2D eigenvalue weighted by Crippen LogP contribution is -2.28. The van der Waals surface area contributed by atoms with Crippen molar-refractivity contribution in [1.29, 1.82) is 0 Å². The number of hydrogen-bond acceptors (Lipinski definition) is 4. The Hall–Kier alpha value is -2.40. The Labute approximate surface area is 184 Å². The van der Waals surface area contributed by atoms with E-state index in [1.807, 2.05) is 24.3 Å². The van der Waals surface area contributed by atoms with Crippen LogP contribution in [0.1, 0.15) is 51.2 Å². The molecular weight excluding hydrogens is 392 g/mol. The first-order chi connectivity index (χ1) is 14.4. The molecule has 0 amide bonds. The zero-order valence-electron chi connectivity index (χ0n) is 18.4. The van der Waals surface area contributed by atoms with Crippen molar-refractivity contribution in [3.8, 4) is 11.5 Å². The molecule has 0 N–H and O–H groups in total. The van der Waals surface area contributed by atoms with Gasteiger partial charge in [-0.05, 0) is 84.1 Å². The minimum absolute atomic E-state index is 0.346. The number of benzene rings is 2. The second kappa shape index (κ2) is 8.38. The molecule has 0 bridgehead atoms. The van der Waals surface area contributed by atoms with Crippen molar-refractivity contribution in [1.82, 2.24) is 9.55 Å². The summed E-state index contributed by atoms with van der Waals surface area (Å²) in [7, 11) is 1.69. The third-order valence-electron chi connectivity index (χ3n) is 6.41. The van der Waals surface area contributed by atoms with Gasteiger partial charge in [0.05, 0.1) is 18.1 Å². The minimum Gasteiger partial charge on any atom is -0.493 e. The number of aryl methyl sites for hydroxylation is 1. The molecule has 1 aliphatic rings. The molecule has 2 unspecified atom stereocenters. The van der Waals surface area contributed by atoms with Crippen LogP contribution in [0.25, 0.3) is 11.0 Å². The number of ether oxygens (including phenoxy) is 2. The van der Waals surface area contributed by atoms with E-state index in [9.17, 15) is 0 Å². The number of nitrogens with zero attached hydrogens (tertiary/aromatic N) is 2. The summed E-state index contributed by atoms with van der Waals surface area (Å²) in [5.74, 6) is 3.86. The van der Waals surface area contributed by atoms with Crippen molar-refractivity contribution in [3.05, 3.63) is 53.9 Å². The molecule has 0 fully saturated rings. The van der Waals surface area contributed by atoms with Crippen molar-refractivity contribution < 1.29 is 9.47 Å². The molecule has 0 spiro atoms. The van der Waals surface area contributed by atoms with Crippen LogP contribution < -0.4 is 9.47 Å². The molecule has 0 saturated carbocycles. The fraction of sp³-hybridized carbons (Fsp3) is 0.440. The van der Waals surface area contributed by atoms with Crippen molar-refractivity contribution in [2.45, 2.75) is 46.5 Å². The molecule has 0 saturated heterocycles. The molecule has 2 aromatic carbocycles. The summed E-state index contributed by atoms with van der Waals surface area (Å²) in [6, 6.07) is 12.2. The fourth-order valence-corrected chi connectivity index (χ4v) is 5.20. The quantitative estimate of drug-likeness (QED) is 0.468. The Morgan fingerprint density at radius 1 is 1.10 bits per heavy atom. The summed E-state index contributed by atoms with van der Waals surface area (Å²) in [5, 5.41) is 0.346. The van der Waals surface area contributed by atoms with Crippen LogP contribution >= 0.6 is 12.2 Å². The SMILES string of the molecule is COc1cc2c(cc1OC(=S)n1cnc3ccccc31)CCC(C(C)C)C2C(C)C. The molecule has 3 aromatic rings. The predicted molar refractivity (Wildman–Crippen MR) is 126 cm³/mol. The third kappa shape index (κ3) is 3.71. The fourth-order valence-electron chi connectivity index (χ4n) is 4.97. The first kappa shape index (κ1) is 20.9. The van der Waals surface area contributed by atoms with Crippen LogP contribution in [0.5, 0.6) is 11.5 Å². The Bertz CT molecular complexity index is 1070. The normalized spacial score (nSPS) is 18.6. The van der Waals surface area contributed by atoms with Gasteiger partial charge in [-0.3, -0.25) is 4.57 Å². The smallest absolute Gasteiger partial charge is 0.275 e. The number of imidazole rings is 1. The highest BCUT2D eigenvalue weighted by atomic mass is 32.1. The van der Waals surface area contributed by atoms with Crippen molar-refractivity contribution in [3.63, 3.8) is 0 Å². The summed E-state index contributed by atoms with van der Waals surface area (Å²) in [6.45, 7) is 9.33. The molecule has 4 nitrogen and oxygen atoms in total. The zero-order valence-corrected chi connectivity index (χ0v) is 19.2. The minimum atomic E-state index is 0.346. The molecule has 1 aromatic heterocycles. The Morgan fingerprint density at radius 2 is 1.87 bits per heavy atom. The molecule has 2 atom stereocenters. The molecule has 158 valence electrons. The molecule has 1 aliphatic carbocycles. The highest BCUT2D eigenvalue weighted by molar-refractivity contribution is 7.80. The van der Waals surface area contributed by atoms with E-state index in [2.05, 4.69) is 44.8 Å². The third-order valence-corrected chi connectivity index (χ3v) is 6.69. The highest BCUT2D eigenvalue weighted by Crippen LogP contribution is 2.47. The number of aromatic nitrogens is 2. The molecular formula is C25H30N2O2S. The summed E-state index contributed by atoms with van der Waals surface area (Å²) < 4.78 is 13.7.